The molecule has 0 radical (unpaired) electrons. The first-order valence-corrected chi connectivity index (χ1v) is 5.61. The first-order valence-electron chi connectivity index (χ1n) is 5.61. The molecule has 0 fully saturated rings. The number of Topliss-reactive ketones (excluding diaryl/α,β-unsaturated/α-hetero) is 1. The Hall–Kier alpha value is -1.58. The second-order valence-corrected chi connectivity index (χ2v) is 3.77. The third-order valence-corrected chi connectivity index (χ3v) is 2.04. The molecule has 0 aromatic heterocycles. The summed E-state index contributed by atoms with van der Waals surface area (Å²) in [5, 5.41) is 0. The van der Waals surface area contributed by atoms with Crippen molar-refractivity contribution in [2.45, 2.75) is 39.7 Å². The van der Waals surface area contributed by atoms with Crippen LogP contribution in [0, 0.1) is 0 Å². The molecule has 0 bridgehead atoms. The molecule has 0 saturated carbocycles. The predicted octanol–water partition coefficient (Wildman–Crippen LogP) is 2.39. The van der Waals surface area contributed by atoms with Gasteiger partial charge in [0.25, 0.3) is 0 Å². The van der Waals surface area contributed by atoms with E-state index in [0.29, 0.717) is 19.4 Å². The van der Waals surface area contributed by atoms with Crippen molar-refractivity contribution in [1.29, 1.82) is 0 Å². The van der Waals surface area contributed by atoms with Crippen LogP contribution in [0.15, 0.2) is 24.5 Å². The summed E-state index contributed by atoms with van der Waals surface area (Å²) in [5.41, 5.74) is 0.819. The summed E-state index contributed by atoms with van der Waals surface area (Å²) in [6.07, 6.45) is 3.26. The zero-order chi connectivity index (χ0) is 13.3. The van der Waals surface area contributed by atoms with Crippen LogP contribution < -0.4 is 0 Å². The summed E-state index contributed by atoms with van der Waals surface area (Å²) in [6.45, 7) is 9.20. The second kappa shape index (κ2) is 8.56. The molecule has 0 aromatic carbocycles. The highest BCUT2D eigenvalue weighted by atomic mass is 16.5. The van der Waals surface area contributed by atoms with Crippen LogP contribution in [-0.2, 0) is 19.1 Å². The molecule has 0 heterocycles. The fourth-order valence-corrected chi connectivity index (χ4v) is 1.15. The van der Waals surface area contributed by atoms with E-state index in [1.165, 1.54) is 19.3 Å². The molecule has 0 aliphatic rings. The Morgan fingerprint density at radius 2 is 2.00 bits per heavy atom. The maximum Gasteiger partial charge on any atom is 0.333 e. The lowest BCUT2D eigenvalue weighted by atomic mass is 10.1. The molecule has 1 atom stereocenters. The molecule has 4 nitrogen and oxygen atoms in total. The van der Waals surface area contributed by atoms with Gasteiger partial charge < -0.3 is 14.3 Å². The second-order valence-electron chi connectivity index (χ2n) is 3.77. The minimum absolute atomic E-state index is 0.106. The van der Waals surface area contributed by atoms with Gasteiger partial charge in [-0.3, -0.25) is 0 Å². The Morgan fingerprint density at radius 3 is 2.47 bits per heavy atom. The average molecular weight is 240 g/mol. The normalized spacial score (nSPS) is 12.2. The molecule has 96 valence electrons. The van der Waals surface area contributed by atoms with Crippen LogP contribution in [0.25, 0.3) is 0 Å². The number of esters is 1. The number of rotatable bonds is 8. The van der Waals surface area contributed by atoms with Crippen LogP contribution in [-0.4, -0.2) is 24.5 Å². The molecular formula is C13H20O4. The van der Waals surface area contributed by atoms with E-state index in [0.717, 1.165) is 5.57 Å². The van der Waals surface area contributed by atoms with E-state index in [1.54, 1.807) is 6.92 Å². The highest BCUT2D eigenvalue weighted by molar-refractivity contribution is 5.81. The number of ketones is 1. The molecule has 4 heteroatoms. The van der Waals surface area contributed by atoms with Crippen molar-refractivity contribution in [3.8, 4) is 0 Å². The van der Waals surface area contributed by atoms with E-state index >= 15 is 0 Å². The van der Waals surface area contributed by atoms with Gasteiger partial charge in [0.05, 0.1) is 18.9 Å². The van der Waals surface area contributed by atoms with Gasteiger partial charge >= 0.3 is 5.97 Å². The molecule has 0 rings (SSSR count). The van der Waals surface area contributed by atoms with Crippen LogP contribution in [0.1, 0.15) is 33.6 Å². The fraction of sp³-hybridized carbons (Fsp3) is 0.538. The summed E-state index contributed by atoms with van der Waals surface area (Å²) in [6, 6.07) is 0. The number of carbonyl (C=O) groups excluding carboxylic acids is 2. The quantitative estimate of drug-likeness (QED) is 0.283. The minimum Gasteiger partial charge on any atom is -0.493 e. The Bertz CT molecular complexity index is 305. The van der Waals surface area contributed by atoms with Gasteiger partial charge in [-0.05, 0) is 32.8 Å². The Balaban J connectivity index is 4.13. The summed E-state index contributed by atoms with van der Waals surface area (Å²) in [5.74, 6) is -0.339. The number of ether oxygens (including phenoxy) is 2. The van der Waals surface area contributed by atoms with Crippen molar-refractivity contribution >= 4 is 11.8 Å². The lowest BCUT2D eigenvalue weighted by Gasteiger charge is -2.15. The summed E-state index contributed by atoms with van der Waals surface area (Å²) < 4.78 is 10.0. The molecule has 0 N–H and O–H groups in total. The van der Waals surface area contributed by atoms with Gasteiger partial charge in [0.2, 0.25) is 0 Å². The Morgan fingerprint density at radius 1 is 1.35 bits per heavy atom. The highest BCUT2D eigenvalue weighted by Crippen LogP contribution is 2.11. The molecule has 0 aliphatic carbocycles. The molecule has 0 spiro atoms. The smallest absolute Gasteiger partial charge is 0.333 e. The lowest BCUT2D eigenvalue weighted by molar-refractivity contribution is -0.137. The lowest BCUT2D eigenvalue weighted by Crippen LogP contribution is -2.12. The number of carbonyl (C=O) groups is 2. The SMILES string of the molecule is C=C(C)[C@@H](CCC(C)=O)O/C=C/C(=O)OCC. The van der Waals surface area contributed by atoms with Crippen LogP contribution >= 0.6 is 0 Å². The highest BCUT2D eigenvalue weighted by Gasteiger charge is 2.10. The van der Waals surface area contributed by atoms with Crippen LogP contribution in [0.5, 0.6) is 0 Å². The molecule has 0 amide bonds. The molecule has 0 aromatic rings. The summed E-state index contributed by atoms with van der Waals surface area (Å²) in [7, 11) is 0. The zero-order valence-electron chi connectivity index (χ0n) is 10.7. The van der Waals surface area contributed by atoms with Gasteiger partial charge in [0.1, 0.15) is 11.9 Å². The predicted molar refractivity (Wildman–Crippen MR) is 65.4 cm³/mol. The maximum absolute atomic E-state index is 11.0. The minimum atomic E-state index is -0.445. The fourth-order valence-electron chi connectivity index (χ4n) is 1.15. The van der Waals surface area contributed by atoms with E-state index in [-0.39, 0.29) is 11.9 Å². The first-order chi connectivity index (χ1) is 7.97. The average Bonchev–Trinajstić information content (AvgIpc) is 2.22. The Kier molecular flexibility index (Phi) is 7.76. The van der Waals surface area contributed by atoms with E-state index in [4.69, 9.17) is 9.47 Å². The van der Waals surface area contributed by atoms with E-state index in [9.17, 15) is 9.59 Å². The van der Waals surface area contributed by atoms with Crippen molar-refractivity contribution in [1.82, 2.24) is 0 Å². The number of hydrogen-bond acceptors (Lipinski definition) is 4. The van der Waals surface area contributed by atoms with E-state index in [1.807, 2.05) is 6.92 Å². The van der Waals surface area contributed by atoms with E-state index in [2.05, 4.69) is 6.58 Å². The van der Waals surface area contributed by atoms with Gasteiger partial charge in [-0.25, -0.2) is 4.79 Å². The standard InChI is InChI=1S/C13H20O4/c1-5-16-13(15)8-9-17-12(10(2)3)7-6-11(4)14/h8-9,12H,2,5-7H2,1,3-4H3/b9-8+/t12-/m1/s1. The van der Waals surface area contributed by atoms with Crippen molar-refractivity contribution in [2.24, 2.45) is 0 Å². The van der Waals surface area contributed by atoms with Crippen molar-refractivity contribution in [3.05, 3.63) is 24.5 Å². The van der Waals surface area contributed by atoms with Crippen molar-refractivity contribution in [3.63, 3.8) is 0 Å². The monoisotopic (exact) mass is 240 g/mol. The third-order valence-electron chi connectivity index (χ3n) is 2.04. The van der Waals surface area contributed by atoms with E-state index < -0.39 is 5.97 Å². The molecule has 0 saturated heterocycles. The van der Waals surface area contributed by atoms with Gasteiger partial charge in [-0.1, -0.05) is 6.58 Å². The molecule has 17 heavy (non-hydrogen) atoms. The van der Waals surface area contributed by atoms with Crippen LogP contribution in [0.4, 0.5) is 0 Å². The summed E-state index contributed by atoms with van der Waals surface area (Å²) >= 11 is 0. The first kappa shape index (κ1) is 15.4. The van der Waals surface area contributed by atoms with Gasteiger partial charge in [0, 0.05) is 6.42 Å². The van der Waals surface area contributed by atoms with Gasteiger partial charge in [-0.15, -0.1) is 0 Å². The molecule has 0 unspecified atom stereocenters. The molecule has 0 aliphatic heterocycles. The zero-order valence-corrected chi connectivity index (χ0v) is 10.7. The van der Waals surface area contributed by atoms with Crippen molar-refractivity contribution < 1.29 is 19.1 Å². The van der Waals surface area contributed by atoms with Crippen molar-refractivity contribution in [2.75, 3.05) is 6.61 Å². The molecular weight excluding hydrogens is 220 g/mol. The Labute approximate surface area is 102 Å². The van der Waals surface area contributed by atoms with Crippen LogP contribution in [0.2, 0.25) is 0 Å². The third kappa shape index (κ3) is 8.25. The number of hydrogen-bond donors (Lipinski definition) is 0. The van der Waals surface area contributed by atoms with Gasteiger partial charge in [0.15, 0.2) is 0 Å². The topological polar surface area (TPSA) is 52.6 Å². The maximum atomic E-state index is 11.0. The summed E-state index contributed by atoms with van der Waals surface area (Å²) in [4.78, 5) is 21.9. The largest absolute Gasteiger partial charge is 0.493 e. The van der Waals surface area contributed by atoms with Gasteiger partial charge in [-0.2, -0.15) is 0 Å². The van der Waals surface area contributed by atoms with Crippen LogP contribution in [0.3, 0.4) is 0 Å².